The molecule has 1 atom stereocenters. The third-order valence-electron chi connectivity index (χ3n) is 8.47. The van der Waals surface area contributed by atoms with E-state index in [-0.39, 0.29) is 17.9 Å². The van der Waals surface area contributed by atoms with Crippen molar-refractivity contribution in [2.45, 2.75) is 59.4 Å². The van der Waals surface area contributed by atoms with Crippen LogP contribution in [0.3, 0.4) is 0 Å². The molecule has 0 saturated carbocycles. The minimum atomic E-state index is 0.155. The Kier molecular flexibility index (Phi) is 6.34. The lowest BCUT2D eigenvalue weighted by Gasteiger charge is -2.41. The van der Waals surface area contributed by atoms with Gasteiger partial charge in [0.25, 0.3) is 0 Å². The molecule has 0 bridgehead atoms. The number of aryl methyl sites for hydroxylation is 1. The van der Waals surface area contributed by atoms with Crippen LogP contribution in [0, 0.1) is 13.8 Å². The van der Waals surface area contributed by atoms with Gasteiger partial charge in [-0.1, -0.05) is 13.8 Å². The van der Waals surface area contributed by atoms with E-state index in [1.807, 2.05) is 4.52 Å². The van der Waals surface area contributed by atoms with E-state index in [0.29, 0.717) is 6.54 Å². The number of hydrogen-bond donors (Lipinski definition) is 1. The van der Waals surface area contributed by atoms with Crippen LogP contribution in [0.15, 0.2) is 24.7 Å². The molecule has 2 aliphatic heterocycles. The molecule has 38 heavy (non-hydrogen) atoms. The van der Waals surface area contributed by atoms with Crippen molar-refractivity contribution in [3.63, 3.8) is 0 Å². The fourth-order valence-electron chi connectivity index (χ4n) is 6.24. The molecule has 2 saturated heterocycles. The molecule has 2 aliphatic rings. The lowest BCUT2D eigenvalue weighted by atomic mass is 9.95. The van der Waals surface area contributed by atoms with Crippen molar-refractivity contribution < 1.29 is 4.79 Å². The van der Waals surface area contributed by atoms with E-state index < -0.39 is 0 Å². The van der Waals surface area contributed by atoms with Gasteiger partial charge in [0, 0.05) is 43.0 Å². The van der Waals surface area contributed by atoms with Gasteiger partial charge in [0.2, 0.25) is 5.91 Å². The standard InChI is InChI=1S/C29H38N8O/c1-18(2)26-27(22-15-37-29(30-17-31-37)21(5)20(22)4)32-23-8-9-24(33-28(23)26)35-12-13-36(19(3)14-35)25(38)16-34-10-6-7-11-34/h8-9,15,17-19,32H,6-7,10-14,16H2,1-5H3/t19-/m1/s1. The van der Waals surface area contributed by atoms with E-state index in [2.05, 4.69) is 82.7 Å². The van der Waals surface area contributed by atoms with Crippen LogP contribution in [-0.2, 0) is 4.79 Å². The van der Waals surface area contributed by atoms with Gasteiger partial charge >= 0.3 is 0 Å². The summed E-state index contributed by atoms with van der Waals surface area (Å²) in [7, 11) is 0. The Labute approximate surface area is 223 Å². The highest BCUT2D eigenvalue weighted by atomic mass is 16.2. The van der Waals surface area contributed by atoms with Crippen LogP contribution >= 0.6 is 0 Å². The Morgan fingerprint density at radius 1 is 1.11 bits per heavy atom. The Hall–Kier alpha value is -3.46. The molecule has 0 unspecified atom stereocenters. The fraction of sp³-hybridized carbons (Fsp3) is 0.517. The van der Waals surface area contributed by atoms with Crippen molar-refractivity contribution in [1.82, 2.24) is 34.4 Å². The maximum Gasteiger partial charge on any atom is 0.237 e. The first-order valence-corrected chi connectivity index (χ1v) is 13.9. The van der Waals surface area contributed by atoms with Crippen molar-refractivity contribution in [3.05, 3.63) is 41.3 Å². The summed E-state index contributed by atoms with van der Waals surface area (Å²) in [6, 6.07) is 4.42. The molecule has 6 heterocycles. The first kappa shape index (κ1) is 24.9. The number of anilines is 1. The van der Waals surface area contributed by atoms with Crippen molar-refractivity contribution in [2.75, 3.05) is 44.2 Å². The number of H-pyrrole nitrogens is 1. The summed E-state index contributed by atoms with van der Waals surface area (Å²) >= 11 is 0. The van der Waals surface area contributed by atoms with Crippen LogP contribution in [0.25, 0.3) is 27.9 Å². The molecule has 1 amide bonds. The lowest BCUT2D eigenvalue weighted by Crippen LogP contribution is -2.56. The summed E-state index contributed by atoms with van der Waals surface area (Å²) in [4.78, 5) is 33.0. The number of piperazine rings is 1. The highest BCUT2D eigenvalue weighted by Gasteiger charge is 2.30. The van der Waals surface area contributed by atoms with Gasteiger partial charge in [-0.3, -0.25) is 9.69 Å². The number of fused-ring (bicyclic) bond motifs is 2. The summed E-state index contributed by atoms with van der Waals surface area (Å²) in [5, 5.41) is 4.40. The number of hydrogen-bond acceptors (Lipinski definition) is 6. The number of carbonyl (C=O) groups excluding carboxylic acids is 1. The molecule has 0 aromatic carbocycles. The fourth-order valence-corrected chi connectivity index (χ4v) is 6.24. The van der Waals surface area contributed by atoms with Gasteiger partial charge in [-0.15, -0.1) is 0 Å². The predicted octanol–water partition coefficient (Wildman–Crippen LogP) is 4.15. The SMILES string of the molecule is Cc1c(-c2[nH]c3ccc(N4CCN(C(=O)CN5CCCC5)[C@H](C)C4)nc3c2C(C)C)cn2ncnc2c1C. The molecule has 9 heteroatoms. The van der Waals surface area contributed by atoms with Crippen molar-refractivity contribution >= 4 is 28.4 Å². The summed E-state index contributed by atoms with van der Waals surface area (Å²) in [5.41, 5.74) is 8.72. The van der Waals surface area contributed by atoms with Crippen molar-refractivity contribution in [2.24, 2.45) is 0 Å². The van der Waals surface area contributed by atoms with Gasteiger partial charge in [0.15, 0.2) is 5.65 Å². The number of amides is 1. The zero-order valence-corrected chi connectivity index (χ0v) is 23.2. The average molecular weight is 515 g/mol. The Balaban J connectivity index is 1.30. The first-order chi connectivity index (χ1) is 18.3. The molecule has 1 N–H and O–H groups in total. The average Bonchev–Trinajstić information content (AvgIpc) is 3.65. The van der Waals surface area contributed by atoms with Gasteiger partial charge in [-0.2, -0.15) is 5.10 Å². The molecule has 6 rings (SSSR count). The van der Waals surface area contributed by atoms with E-state index in [9.17, 15) is 4.79 Å². The van der Waals surface area contributed by atoms with Gasteiger partial charge in [0.1, 0.15) is 12.1 Å². The molecule has 0 radical (unpaired) electrons. The number of aromatic nitrogens is 5. The maximum atomic E-state index is 13.0. The quantitative estimate of drug-likeness (QED) is 0.431. The normalized spacial score (nSPS) is 18.9. The molecule has 0 aliphatic carbocycles. The monoisotopic (exact) mass is 514 g/mol. The number of rotatable bonds is 5. The van der Waals surface area contributed by atoms with Crippen LogP contribution in [0.1, 0.15) is 56.2 Å². The summed E-state index contributed by atoms with van der Waals surface area (Å²) < 4.78 is 1.86. The summed E-state index contributed by atoms with van der Waals surface area (Å²) in [5.74, 6) is 1.52. The van der Waals surface area contributed by atoms with Gasteiger partial charge in [-0.25, -0.2) is 14.5 Å². The molecular formula is C29H38N8O. The Bertz CT molecular complexity index is 1500. The number of nitrogens with zero attached hydrogens (tertiary/aromatic N) is 7. The van der Waals surface area contributed by atoms with Crippen LogP contribution in [0.5, 0.6) is 0 Å². The Morgan fingerprint density at radius 2 is 1.89 bits per heavy atom. The van der Waals surface area contributed by atoms with Gasteiger partial charge < -0.3 is 14.8 Å². The summed E-state index contributed by atoms with van der Waals surface area (Å²) in [6.07, 6.45) is 6.09. The van der Waals surface area contributed by atoms with Crippen LogP contribution in [0.4, 0.5) is 5.82 Å². The molecule has 9 nitrogen and oxygen atoms in total. The second-order valence-electron chi connectivity index (χ2n) is 11.3. The van der Waals surface area contributed by atoms with E-state index in [0.717, 1.165) is 72.0 Å². The van der Waals surface area contributed by atoms with Gasteiger partial charge in [-0.05, 0) is 75.9 Å². The van der Waals surface area contributed by atoms with Crippen molar-refractivity contribution in [3.8, 4) is 11.3 Å². The number of aromatic amines is 1. The minimum Gasteiger partial charge on any atom is -0.353 e. The van der Waals surface area contributed by atoms with E-state index >= 15 is 0 Å². The smallest absolute Gasteiger partial charge is 0.237 e. The number of pyridine rings is 2. The maximum absolute atomic E-state index is 13.0. The van der Waals surface area contributed by atoms with E-state index in [1.165, 1.54) is 24.0 Å². The first-order valence-electron chi connectivity index (χ1n) is 13.9. The lowest BCUT2D eigenvalue weighted by molar-refractivity contribution is -0.134. The minimum absolute atomic E-state index is 0.155. The van der Waals surface area contributed by atoms with Crippen LogP contribution in [0.2, 0.25) is 0 Å². The number of nitrogens with one attached hydrogen (secondary N) is 1. The second-order valence-corrected chi connectivity index (χ2v) is 11.3. The van der Waals surface area contributed by atoms with Crippen LogP contribution in [-0.4, -0.2) is 85.6 Å². The highest BCUT2D eigenvalue weighted by Crippen LogP contribution is 2.38. The largest absolute Gasteiger partial charge is 0.353 e. The second kappa shape index (κ2) is 9.69. The predicted molar refractivity (Wildman–Crippen MR) is 151 cm³/mol. The zero-order valence-electron chi connectivity index (χ0n) is 23.2. The number of carbonyl (C=O) groups is 1. The molecule has 4 aromatic heterocycles. The van der Waals surface area contributed by atoms with E-state index in [1.54, 1.807) is 6.33 Å². The molecule has 200 valence electrons. The molecule has 2 fully saturated rings. The summed E-state index contributed by atoms with van der Waals surface area (Å²) in [6.45, 7) is 15.8. The van der Waals surface area contributed by atoms with Crippen molar-refractivity contribution in [1.29, 1.82) is 0 Å². The molecule has 0 spiro atoms. The number of likely N-dealkylation sites (tertiary alicyclic amines) is 1. The third-order valence-corrected chi connectivity index (χ3v) is 8.47. The third kappa shape index (κ3) is 4.22. The topological polar surface area (TPSA) is 85.7 Å². The zero-order chi connectivity index (χ0) is 26.6. The van der Waals surface area contributed by atoms with Gasteiger partial charge in [0.05, 0.1) is 23.3 Å². The molecule has 4 aromatic rings. The van der Waals surface area contributed by atoms with Crippen LogP contribution < -0.4 is 4.90 Å². The van der Waals surface area contributed by atoms with E-state index in [4.69, 9.17) is 4.98 Å². The highest BCUT2D eigenvalue weighted by molar-refractivity contribution is 5.90. The Morgan fingerprint density at radius 3 is 2.63 bits per heavy atom. The molecular weight excluding hydrogens is 476 g/mol.